The van der Waals surface area contributed by atoms with Gasteiger partial charge in [0.2, 0.25) is 0 Å². The van der Waals surface area contributed by atoms with Gasteiger partial charge in [-0.2, -0.15) is 0 Å². The Kier molecular flexibility index (Phi) is 9.24. The van der Waals surface area contributed by atoms with E-state index >= 15 is 0 Å². The Hall–Kier alpha value is -0.610. The van der Waals surface area contributed by atoms with Crippen molar-refractivity contribution in [3.05, 3.63) is 0 Å². The highest BCUT2D eigenvalue weighted by atomic mass is 16.5. The highest BCUT2D eigenvalue weighted by Gasteiger charge is 2.17. The normalized spacial score (nSPS) is 12.8. The summed E-state index contributed by atoms with van der Waals surface area (Å²) in [7, 11) is 1.80. The maximum absolute atomic E-state index is 11.5. The van der Waals surface area contributed by atoms with Crippen LogP contribution in [0, 0.1) is 0 Å². The molecule has 0 aliphatic carbocycles. The van der Waals surface area contributed by atoms with E-state index in [1.807, 2.05) is 6.92 Å². The maximum atomic E-state index is 11.5. The quantitative estimate of drug-likeness (QED) is 0.606. The van der Waals surface area contributed by atoms with Crippen molar-refractivity contribution < 1.29 is 9.53 Å². The molecule has 0 aromatic heterocycles. The Morgan fingerprint density at radius 3 is 2.44 bits per heavy atom. The van der Waals surface area contributed by atoms with Crippen LogP contribution in [-0.2, 0) is 9.53 Å². The van der Waals surface area contributed by atoms with Gasteiger partial charge in [-0.25, -0.2) is 0 Å². The number of esters is 1. The Bertz CT molecular complexity index is 186. The first kappa shape index (κ1) is 15.4. The van der Waals surface area contributed by atoms with Crippen LogP contribution in [0.2, 0.25) is 0 Å². The second kappa shape index (κ2) is 9.60. The molecule has 0 saturated heterocycles. The van der Waals surface area contributed by atoms with Crippen LogP contribution in [0.1, 0.15) is 33.6 Å². The van der Waals surface area contributed by atoms with E-state index in [2.05, 4.69) is 24.1 Å². The monoisotopic (exact) mass is 230 g/mol. The summed E-state index contributed by atoms with van der Waals surface area (Å²) < 4.78 is 5.00. The van der Waals surface area contributed by atoms with Crippen LogP contribution in [0.3, 0.4) is 0 Å². The van der Waals surface area contributed by atoms with Crippen LogP contribution in [0.4, 0.5) is 0 Å². The number of nitrogens with one attached hydrogen (secondary N) is 1. The third-order valence-electron chi connectivity index (χ3n) is 2.64. The fraction of sp³-hybridized carbons (Fsp3) is 0.917. The predicted molar refractivity (Wildman–Crippen MR) is 66.5 cm³/mol. The first-order valence-electron chi connectivity index (χ1n) is 6.25. The van der Waals surface area contributed by atoms with Crippen LogP contribution < -0.4 is 5.32 Å². The lowest BCUT2D eigenvalue weighted by Gasteiger charge is -2.22. The largest absolute Gasteiger partial charge is 0.465 e. The number of carbonyl (C=O) groups is 1. The molecule has 1 N–H and O–H groups in total. The molecule has 0 fully saturated rings. The van der Waals surface area contributed by atoms with Crippen molar-refractivity contribution in [3.63, 3.8) is 0 Å². The molecule has 1 unspecified atom stereocenters. The molecule has 0 aromatic carbocycles. The number of likely N-dealkylation sites (N-methyl/N-ethyl adjacent to an activating group) is 1. The lowest BCUT2D eigenvalue weighted by molar-refractivity contribution is -0.145. The van der Waals surface area contributed by atoms with Gasteiger partial charge in [0.1, 0.15) is 6.04 Å². The highest BCUT2D eigenvalue weighted by molar-refractivity contribution is 5.75. The summed E-state index contributed by atoms with van der Waals surface area (Å²) in [6.07, 6.45) is 1.96. The molecule has 0 aliphatic rings. The summed E-state index contributed by atoms with van der Waals surface area (Å²) in [6.45, 7) is 9.67. The molecule has 0 aromatic rings. The van der Waals surface area contributed by atoms with Crippen molar-refractivity contribution in [2.24, 2.45) is 0 Å². The second-order valence-electron chi connectivity index (χ2n) is 3.82. The van der Waals surface area contributed by atoms with Gasteiger partial charge in [-0.15, -0.1) is 0 Å². The highest BCUT2D eigenvalue weighted by Crippen LogP contribution is 2.00. The number of ether oxygens (including phenoxy) is 1. The van der Waals surface area contributed by atoms with Crippen molar-refractivity contribution in [3.8, 4) is 0 Å². The number of hydrogen-bond acceptors (Lipinski definition) is 4. The summed E-state index contributed by atoms with van der Waals surface area (Å²) in [6, 6.07) is -0.175. The minimum atomic E-state index is -0.175. The van der Waals surface area contributed by atoms with Crippen molar-refractivity contribution in [1.82, 2.24) is 10.2 Å². The molecule has 0 heterocycles. The zero-order valence-electron chi connectivity index (χ0n) is 11.1. The maximum Gasteiger partial charge on any atom is 0.323 e. The SMILES string of the molecule is CCCN(CC)CCC(NC)C(=O)OCC. The summed E-state index contributed by atoms with van der Waals surface area (Å²) in [5.41, 5.74) is 0. The van der Waals surface area contributed by atoms with E-state index in [4.69, 9.17) is 4.74 Å². The molecule has 0 amide bonds. The van der Waals surface area contributed by atoms with Crippen molar-refractivity contribution in [2.75, 3.05) is 33.3 Å². The van der Waals surface area contributed by atoms with Crippen LogP contribution in [0.5, 0.6) is 0 Å². The molecule has 16 heavy (non-hydrogen) atoms. The van der Waals surface area contributed by atoms with E-state index in [1.54, 1.807) is 7.05 Å². The van der Waals surface area contributed by atoms with E-state index in [9.17, 15) is 4.79 Å². The first-order chi connectivity index (χ1) is 7.69. The average molecular weight is 230 g/mol. The molecule has 0 aliphatic heterocycles. The second-order valence-corrected chi connectivity index (χ2v) is 3.82. The predicted octanol–water partition coefficient (Wildman–Crippen LogP) is 1.26. The molecular formula is C12H26N2O2. The molecule has 0 saturated carbocycles. The third kappa shape index (κ3) is 6.08. The number of hydrogen-bond donors (Lipinski definition) is 1. The fourth-order valence-electron chi connectivity index (χ4n) is 1.68. The van der Waals surface area contributed by atoms with Gasteiger partial charge < -0.3 is 15.0 Å². The Balaban J connectivity index is 3.97. The van der Waals surface area contributed by atoms with E-state index < -0.39 is 0 Å². The van der Waals surface area contributed by atoms with Gasteiger partial charge in [0.25, 0.3) is 0 Å². The molecule has 4 heteroatoms. The van der Waals surface area contributed by atoms with Crippen molar-refractivity contribution in [1.29, 1.82) is 0 Å². The molecule has 0 spiro atoms. The molecule has 4 nitrogen and oxygen atoms in total. The fourth-order valence-corrected chi connectivity index (χ4v) is 1.68. The number of carbonyl (C=O) groups excluding carboxylic acids is 1. The first-order valence-corrected chi connectivity index (χ1v) is 6.25. The Labute approximate surface area is 99.3 Å². The van der Waals surface area contributed by atoms with Crippen molar-refractivity contribution in [2.45, 2.75) is 39.7 Å². The van der Waals surface area contributed by atoms with Crippen molar-refractivity contribution >= 4 is 5.97 Å². The molecule has 0 bridgehead atoms. The van der Waals surface area contributed by atoms with E-state index in [0.29, 0.717) is 6.61 Å². The standard InChI is InChI=1S/C12H26N2O2/c1-5-9-14(6-2)10-8-11(13-4)12(15)16-7-3/h11,13H,5-10H2,1-4H3. The van der Waals surface area contributed by atoms with Gasteiger partial charge in [-0.3, -0.25) is 4.79 Å². The van der Waals surface area contributed by atoms with Gasteiger partial charge in [0.05, 0.1) is 6.61 Å². The van der Waals surface area contributed by atoms with E-state index in [0.717, 1.165) is 32.5 Å². The number of rotatable bonds is 9. The molecule has 1 atom stereocenters. The lowest BCUT2D eigenvalue weighted by Crippen LogP contribution is -2.39. The summed E-state index contributed by atoms with van der Waals surface area (Å²) in [5.74, 6) is -0.141. The van der Waals surface area contributed by atoms with Crippen LogP contribution >= 0.6 is 0 Å². The lowest BCUT2D eigenvalue weighted by atomic mass is 10.2. The summed E-state index contributed by atoms with van der Waals surface area (Å²) in [4.78, 5) is 13.9. The van der Waals surface area contributed by atoms with Crippen LogP contribution in [0.25, 0.3) is 0 Å². The Morgan fingerprint density at radius 2 is 2.00 bits per heavy atom. The molecule has 0 radical (unpaired) electrons. The van der Waals surface area contributed by atoms with Crippen LogP contribution in [0.15, 0.2) is 0 Å². The third-order valence-corrected chi connectivity index (χ3v) is 2.64. The zero-order valence-corrected chi connectivity index (χ0v) is 11.1. The molecule has 96 valence electrons. The van der Waals surface area contributed by atoms with Gasteiger partial charge >= 0.3 is 5.97 Å². The topological polar surface area (TPSA) is 41.6 Å². The minimum absolute atomic E-state index is 0.141. The average Bonchev–Trinajstić information content (AvgIpc) is 2.28. The zero-order chi connectivity index (χ0) is 12.4. The summed E-state index contributed by atoms with van der Waals surface area (Å²) >= 11 is 0. The molecule has 0 rings (SSSR count). The van der Waals surface area contributed by atoms with Gasteiger partial charge in [0, 0.05) is 6.54 Å². The summed E-state index contributed by atoms with van der Waals surface area (Å²) in [5, 5.41) is 3.01. The molecular weight excluding hydrogens is 204 g/mol. The Morgan fingerprint density at radius 1 is 1.31 bits per heavy atom. The smallest absolute Gasteiger partial charge is 0.323 e. The van der Waals surface area contributed by atoms with Gasteiger partial charge in [-0.1, -0.05) is 13.8 Å². The minimum Gasteiger partial charge on any atom is -0.465 e. The van der Waals surface area contributed by atoms with E-state index in [1.165, 1.54) is 0 Å². The van der Waals surface area contributed by atoms with Crippen LogP contribution in [-0.4, -0.2) is 50.2 Å². The van der Waals surface area contributed by atoms with E-state index in [-0.39, 0.29) is 12.0 Å². The van der Waals surface area contributed by atoms with Gasteiger partial charge in [0.15, 0.2) is 0 Å². The van der Waals surface area contributed by atoms with Gasteiger partial charge in [-0.05, 0) is 39.9 Å². The number of nitrogens with zero attached hydrogens (tertiary/aromatic N) is 1.